The van der Waals surface area contributed by atoms with E-state index in [4.69, 9.17) is 4.74 Å². The quantitative estimate of drug-likeness (QED) is 0.548. The molecule has 2 nitrogen and oxygen atoms in total. The summed E-state index contributed by atoms with van der Waals surface area (Å²) in [6.07, 6.45) is 1.46. The summed E-state index contributed by atoms with van der Waals surface area (Å²) in [7, 11) is 0. The maximum Gasteiger partial charge on any atom is 0.153 e. The molecule has 2 heteroatoms. The predicted molar refractivity (Wildman–Crippen MR) is 43.5 cm³/mol. The molecule has 54 valence electrons. The van der Waals surface area contributed by atoms with Gasteiger partial charge in [0.25, 0.3) is 0 Å². The molecule has 2 rings (SSSR count). The van der Waals surface area contributed by atoms with Crippen LogP contribution in [0.4, 0.5) is 5.69 Å². The Morgan fingerprint density at radius 2 is 2.36 bits per heavy atom. The summed E-state index contributed by atoms with van der Waals surface area (Å²) in [5, 5.41) is 0. The number of hydrogen-bond acceptors (Lipinski definition) is 2. The van der Waals surface area contributed by atoms with E-state index in [9.17, 15) is 0 Å². The van der Waals surface area contributed by atoms with E-state index < -0.39 is 0 Å². The van der Waals surface area contributed by atoms with Crippen molar-refractivity contribution in [3.8, 4) is 5.75 Å². The first-order chi connectivity index (χ1) is 5.36. The molecule has 0 aromatic heterocycles. The normalized spacial score (nSPS) is 12.5. The van der Waals surface area contributed by atoms with Gasteiger partial charge in [-0.2, -0.15) is 4.99 Å². The first kappa shape index (κ1) is 6.20. The Bertz CT molecular complexity index is 349. The smallest absolute Gasteiger partial charge is 0.153 e. The molecule has 0 N–H and O–H groups in total. The van der Waals surface area contributed by atoms with Gasteiger partial charge in [0.2, 0.25) is 0 Å². The molecule has 1 heterocycles. The zero-order valence-electron chi connectivity index (χ0n) is 6.16. The van der Waals surface area contributed by atoms with Gasteiger partial charge in [-0.05, 0) is 24.6 Å². The van der Waals surface area contributed by atoms with Crippen molar-refractivity contribution in [1.82, 2.24) is 0 Å². The predicted octanol–water partition coefficient (Wildman–Crippen LogP) is 2.20. The molecule has 0 bridgehead atoms. The minimum atomic E-state index is 0.800. The second-order valence-corrected chi connectivity index (χ2v) is 2.45. The molecule has 0 radical (unpaired) electrons. The Hall–Kier alpha value is -1.53. The summed E-state index contributed by atoms with van der Waals surface area (Å²) in [5.41, 5.74) is 2.03. The van der Waals surface area contributed by atoms with Crippen LogP contribution in [0.5, 0.6) is 5.75 Å². The zero-order chi connectivity index (χ0) is 7.68. The molecule has 0 aliphatic carbocycles. The maximum atomic E-state index is 5.15. The van der Waals surface area contributed by atoms with Crippen molar-refractivity contribution in [2.45, 2.75) is 6.92 Å². The standard InChI is InChI=1S/C9H7NO/c1-7-2-3-9-8(6-7)10-4-5-11-9/h2-3,5-6H,1H3. The van der Waals surface area contributed by atoms with Gasteiger partial charge in [0.05, 0.1) is 0 Å². The Morgan fingerprint density at radius 3 is 3.27 bits per heavy atom. The molecule has 0 spiro atoms. The van der Waals surface area contributed by atoms with Gasteiger partial charge in [-0.25, -0.2) is 0 Å². The number of nitrogens with zero attached hydrogens (tertiary/aromatic N) is 1. The molecule has 1 aromatic rings. The van der Waals surface area contributed by atoms with E-state index in [0.29, 0.717) is 0 Å². The van der Waals surface area contributed by atoms with Gasteiger partial charge in [0.15, 0.2) is 12.0 Å². The molecule has 1 aromatic carbocycles. The van der Waals surface area contributed by atoms with Crippen LogP contribution in [-0.4, -0.2) is 5.87 Å². The summed E-state index contributed by atoms with van der Waals surface area (Å²) in [4.78, 5) is 4.02. The Kier molecular flexibility index (Phi) is 1.27. The van der Waals surface area contributed by atoms with E-state index in [1.807, 2.05) is 25.1 Å². The zero-order valence-corrected chi connectivity index (χ0v) is 6.16. The highest BCUT2D eigenvalue weighted by Gasteiger charge is 2.02. The van der Waals surface area contributed by atoms with Crippen LogP contribution in [0, 0.1) is 6.92 Å². The summed E-state index contributed by atoms with van der Waals surface area (Å²) < 4.78 is 5.15. The van der Waals surface area contributed by atoms with Crippen molar-refractivity contribution in [2.75, 3.05) is 0 Å². The number of hydrogen-bond donors (Lipinski definition) is 0. The van der Waals surface area contributed by atoms with Crippen molar-refractivity contribution in [2.24, 2.45) is 4.99 Å². The van der Waals surface area contributed by atoms with Crippen molar-refractivity contribution < 1.29 is 4.74 Å². The lowest BCUT2D eigenvalue weighted by Gasteiger charge is -2.05. The molecule has 0 amide bonds. The van der Waals surface area contributed by atoms with Crippen LogP contribution >= 0.6 is 0 Å². The highest BCUT2D eigenvalue weighted by atomic mass is 16.5. The molecule has 1 aliphatic heterocycles. The number of aliphatic imine (C=N–C) groups is 1. The number of aryl methyl sites for hydroxylation is 1. The lowest BCUT2D eigenvalue weighted by atomic mass is 10.2. The van der Waals surface area contributed by atoms with Crippen LogP contribution in [-0.2, 0) is 0 Å². The summed E-state index contributed by atoms with van der Waals surface area (Å²) in [6.45, 7) is 2.02. The Morgan fingerprint density at radius 1 is 1.45 bits per heavy atom. The molecule has 0 saturated heterocycles. The summed E-state index contributed by atoms with van der Waals surface area (Å²) >= 11 is 0. The van der Waals surface area contributed by atoms with E-state index in [1.165, 1.54) is 11.8 Å². The molecule has 0 atom stereocenters. The molecule has 0 fully saturated rings. The molecule has 11 heavy (non-hydrogen) atoms. The van der Waals surface area contributed by atoms with E-state index in [0.717, 1.165) is 11.4 Å². The lowest BCUT2D eigenvalue weighted by Crippen LogP contribution is -1.87. The molecular weight excluding hydrogens is 138 g/mol. The van der Waals surface area contributed by atoms with Gasteiger partial charge in [-0.1, -0.05) is 6.07 Å². The minimum absolute atomic E-state index is 0.800. The highest BCUT2D eigenvalue weighted by Crippen LogP contribution is 2.29. The topological polar surface area (TPSA) is 21.6 Å². The number of rotatable bonds is 0. The van der Waals surface area contributed by atoms with E-state index in [-0.39, 0.29) is 0 Å². The fraction of sp³-hybridized carbons (Fsp3) is 0.111. The number of ether oxygens (including phenoxy) is 1. The van der Waals surface area contributed by atoms with Crippen molar-refractivity contribution in [3.63, 3.8) is 0 Å². The van der Waals surface area contributed by atoms with E-state index in [1.54, 1.807) is 0 Å². The van der Waals surface area contributed by atoms with Crippen molar-refractivity contribution >= 4 is 11.6 Å². The average molecular weight is 145 g/mol. The van der Waals surface area contributed by atoms with E-state index in [2.05, 4.69) is 10.9 Å². The van der Waals surface area contributed by atoms with Gasteiger partial charge < -0.3 is 4.74 Å². The van der Waals surface area contributed by atoms with Crippen LogP contribution in [0.1, 0.15) is 5.56 Å². The second kappa shape index (κ2) is 2.26. The Labute approximate surface area is 64.8 Å². The fourth-order valence-electron chi connectivity index (χ4n) is 1.00. The first-order valence-electron chi connectivity index (χ1n) is 3.41. The van der Waals surface area contributed by atoms with Gasteiger partial charge in [-0.3, -0.25) is 0 Å². The third-order valence-corrected chi connectivity index (χ3v) is 1.54. The van der Waals surface area contributed by atoms with Gasteiger partial charge in [-0.15, -0.1) is 0 Å². The monoisotopic (exact) mass is 145 g/mol. The molecule has 0 unspecified atom stereocenters. The van der Waals surface area contributed by atoms with Gasteiger partial charge >= 0.3 is 0 Å². The van der Waals surface area contributed by atoms with E-state index >= 15 is 0 Å². The van der Waals surface area contributed by atoms with Gasteiger partial charge in [0, 0.05) is 5.87 Å². The average Bonchev–Trinajstić information content (AvgIpc) is 2.04. The highest BCUT2D eigenvalue weighted by molar-refractivity contribution is 5.66. The van der Waals surface area contributed by atoms with Crippen LogP contribution in [0.15, 0.2) is 29.5 Å². The third kappa shape index (κ3) is 1.04. The largest absolute Gasteiger partial charge is 0.453 e. The van der Waals surface area contributed by atoms with Gasteiger partial charge in [0.1, 0.15) is 5.69 Å². The van der Waals surface area contributed by atoms with Crippen LogP contribution < -0.4 is 4.74 Å². The summed E-state index contributed by atoms with van der Waals surface area (Å²) in [6, 6.07) is 5.87. The first-order valence-corrected chi connectivity index (χ1v) is 3.41. The van der Waals surface area contributed by atoms with Crippen LogP contribution in [0.25, 0.3) is 0 Å². The Balaban J connectivity index is 2.62. The third-order valence-electron chi connectivity index (χ3n) is 1.54. The summed E-state index contributed by atoms with van der Waals surface area (Å²) in [5.74, 6) is 3.45. The molecular formula is C9H7NO. The minimum Gasteiger partial charge on any atom is -0.453 e. The number of fused-ring (bicyclic) bond motifs is 1. The SMILES string of the molecule is Cc1ccc2c(c1)N=C=CO2. The molecule has 1 aliphatic rings. The van der Waals surface area contributed by atoms with Crippen molar-refractivity contribution in [3.05, 3.63) is 30.0 Å². The lowest BCUT2D eigenvalue weighted by molar-refractivity contribution is 0.486. The maximum absolute atomic E-state index is 5.15. The molecule has 0 saturated carbocycles. The van der Waals surface area contributed by atoms with Crippen LogP contribution in [0.3, 0.4) is 0 Å². The second-order valence-electron chi connectivity index (χ2n) is 2.45. The fourth-order valence-corrected chi connectivity index (χ4v) is 1.00. The van der Waals surface area contributed by atoms with Crippen molar-refractivity contribution in [1.29, 1.82) is 0 Å². The van der Waals surface area contributed by atoms with Crippen LogP contribution in [0.2, 0.25) is 0 Å². The number of benzene rings is 1.